The van der Waals surface area contributed by atoms with Gasteiger partial charge in [-0.3, -0.25) is 4.79 Å². The Bertz CT molecular complexity index is 348. The Balaban J connectivity index is 1.64. The largest absolute Gasteiger partial charge is 0.342 e. The quantitative estimate of drug-likeness (QED) is 0.861. The van der Waals surface area contributed by atoms with Crippen LogP contribution in [-0.2, 0) is 4.79 Å². The molecule has 0 aromatic heterocycles. The molecule has 0 aromatic rings. The summed E-state index contributed by atoms with van der Waals surface area (Å²) in [5, 5.41) is 3.51. The average molecular weight is 278 g/mol. The van der Waals surface area contributed by atoms with Gasteiger partial charge in [0, 0.05) is 18.5 Å². The number of nitrogens with zero attached hydrogens (tertiary/aromatic N) is 1. The number of nitrogens with one attached hydrogen (secondary N) is 1. The summed E-state index contributed by atoms with van der Waals surface area (Å²) in [6.45, 7) is 8.86. The highest BCUT2D eigenvalue weighted by Gasteiger charge is 2.46. The molecule has 3 aliphatic rings. The van der Waals surface area contributed by atoms with E-state index in [9.17, 15) is 4.79 Å². The summed E-state index contributed by atoms with van der Waals surface area (Å²) in [7, 11) is 0. The van der Waals surface area contributed by atoms with Crippen LogP contribution in [-0.4, -0.2) is 37.0 Å². The predicted molar refractivity (Wildman–Crippen MR) is 81.4 cm³/mol. The second-order valence-corrected chi connectivity index (χ2v) is 7.78. The van der Waals surface area contributed by atoms with Crippen molar-refractivity contribution in [2.75, 3.05) is 26.2 Å². The smallest absolute Gasteiger partial charge is 0.228 e. The van der Waals surface area contributed by atoms with Gasteiger partial charge in [-0.25, -0.2) is 0 Å². The summed E-state index contributed by atoms with van der Waals surface area (Å²) in [6, 6.07) is 0. The summed E-state index contributed by atoms with van der Waals surface area (Å²) < 4.78 is 0. The molecule has 3 fully saturated rings. The third-order valence-electron chi connectivity index (χ3n) is 5.87. The molecule has 1 saturated carbocycles. The van der Waals surface area contributed by atoms with E-state index >= 15 is 0 Å². The minimum absolute atomic E-state index is 0.0197. The van der Waals surface area contributed by atoms with Crippen molar-refractivity contribution in [3.8, 4) is 0 Å². The molecule has 1 aliphatic carbocycles. The van der Waals surface area contributed by atoms with Gasteiger partial charge in [0.25, 0.3) is 0 Å². The van der Waals surface area contributed by atoms with Crippen molar-refractivity contribution in [2.24, 2.45) is 23.2 Å². The van der Waals surface area contributed by atoms with E-state index in [1.807, 2.05) is 0 Å². The molecule has 0 radical (unpaired) electrons. The number of likely N-dealkylation sites (tertiary alicyclic amines) is 1. The predicted octanol–water partition coefficient (Wildman–Crippen LogP) is 2.66. The van der Waals surface area contributed by atoms with Crippen molar-refractivity contribution in [1.29, 1.82) is 0 Å². The maximum Gasteiger partial charge on any atom is 0.228 e. The van der Waals surface area contributed by atoms with Crippen LogP contribution >= 0.6 is 0 Å². The van der Waals surface area contributed by atoms with Gasteiger partial charge in [0.2, 0.25) is 5.91 Å². The normalized spacial score (nSPS) is 32.6. The van der Waals surface area contributed by atoms with E-state index < -0.39 is 0 Å². The van der Waals surface area contributed by atoms with Crippen LogP contribution in [0.2, 0.25) is 0 Å². The molecule has 0 unspecified atom stereocenters. The number of rotatable bonds is 3. The molecular weight excluding hydrogens is 248 g/mol. The van der Waals surface area contributed by atoms with Crippen LogP contribution in [0.4, 0.5) is 0 Å². The first kappa shape index (κ1) is 14.4. The molecular formula is C17H30N2O. The fraction of sp³-hybridized carbons (Fsp3) is 0.941. The molecule has 20 heavy (non-hydrogen) atoms. The molecule has 3 heteroatoms. The Hall–Kier alpha value is -0.570. The summed E-state index contributed by atoms with van der Waals surface area (Å²) in [5.74, 6) is 2.76. The van der Waals surface area contributed by atoms with Gasteiger partial charge in [-0.2, -0.15) is 0 Å². The Labute approximate surface area is 123 Å². The van der Waals surface area contributed by atoms with E-state index in [1.165, 1.54) is 32.4 Å². The van der Waals surface area contributed by atoms with Crippen molar-refractivity contribution in [2.45, 2.75) is 52.4 Å². The monoisotopic (exact) mass is 278 g/mol. The van der Waals surface area contributed by atoms with Crippen molar-refractivity contribution in [3.05, 3.63) is 0 Å². The highest BCUT2D eigenvalue weighted by Crippen LogP contribution is 2.47. The number of carbonyl (C=O) groups excluding carboxylic acids is 1. The van der Waals surface area contributed by atoms with Gasteiger partial charge in [0.15, 0.2) is 0 Å². The number of fused-ring (bicyclic) bond motifs is 1. The van der Waals surface area contributed by atoms with Gasteiger partial charge >= 0.3 is 0 Å². The molecule has 3 rings (SSSR count). The Kier molecular flexibility index (Phi) is 4.07. The van der Waals surface area contributed by atoms with E-state index in [-0.39, 0.29) is 5.41 Å². The van der Waals surface area contributed by atoms with Gasteiger partial charge in [0.05, 0.1) is 0 Å². The first-order valence-electron chi connectivity index (χ1n) is 8.61. The standard InChI is InChI=1S/C17H30N2O/c1-13(2)10-17(6-3-7-17)16(20)19-8-4-14-11-18-12-15(14)5-9-19/h13-15,18H,3-12H2,1-2H3/t14-,15+. The maximum atomic E-state index is 13.0. The summed E-state index contributed by atoms with van der Waals surface area (Å²) in [4.78, 5) is 15.2. The highest BCUT2D eigenvalue weighted by atomic mass is 16.2. The van der Waals surface area contributed by atoms with Crippen LogP contribution in [0.15, 0.2) is 0 Å². The first-order chi connectivity index (χ1) is 9.61. The number of hydrogen-bond donors (Lipinski definition) is 1. The average Bonchev–Trinajstić information content (AvgIpc) is 2.72. The van der Waals surface area contributed by atoms with Crippen LogP contribution < -0.4 is 5.32 Å². The van der Waals surface area contributed by atoms with E-state index in [0.717, 1.165) is 44.2 Å². The van der Waals surface area contributed by atoms with Crippen LogP contribution in [0, 0.1) is 23.2 Å². The summed E-state index contributed by atoms with van der Waals surface area (Å²) in [6.07, 6.45) is 7.03. The van der Waals surface area contributed by atoms with E-state index in [0.29, 0.717) is 11.8 Å². The van der Waals surface area contributed by atoms with Gasteiger partial charge in [-0.05, 0) is 62.9 Å². The minimum Gasteiger partial charge on any atom is -0.342 e. The van der Waals surface area contributed by atoms with E-state index in [4.69, 9.17) is 0 Å². The molecule has 0 spiro atoms. The van der Waals surface area contributed by atoms with Crippen LogP contribution in [0.1, 0.15) is 52.4 Å². The zero-order valence-corrected chi connectivity index (χ0v) is 13.2. The maximum absolute atomic E-state index is 13.0. The molecule has 114 valence electrons. The van der Waals surface area contributed by atoms with Crippen LogP contribution in [0.5, 0.6) is 0 Å². The lowest BCUT2D eigenvalue weighted by Gasteiger charge is -2.44. The van der Waals surface area contributed by atoms with Gasteiger partial charge < -0.3 is 10.2 Å². The Morgan fingerprint density at radius 2 is 1.80 bits per heavy atom. The van der Waals surface area contributed by atoms with Crippen LogP contribution in [0.3, 0.4) is 0 Å². The topological polar surface area (TPSA) is 32.3 Å². The fourth-order valence-electron chi connectivity index (χ4n) is 4.65. The zero-order chi connectivity index (χ0) is 14.2. The van der Waals surface area contributed by atoms with Crippen LogP contribution in [0.25, 0.3) is 0 Å². The Morgan fingerprint density at radius 3 is 2.25 bits per heavy atom. The Morgan fingerprint density at radius 1 is 1.20 bits per heavy atom. The summed E-state index contributed by atoms with van der Waals surface area (Å²) >= 11 is 0. The van der Waals surface area contributed by atoms with E-state index in [2.05, 4.69) is 24.1 Å². The second-order valence-electron chi connectivity index (χ2n) is 7.78. The molecule has 2 atom stereocenters. The van der Waals surface area contributed by atoms with Gasteiger partial charge in [-0.1, -0.05) is 20.3 Å². The lowest BCUT2D eigenvalue weighted by molar-refractivity contribution is -0.149. The van der Waals surface area contributed by atoms with Gasteiger partial charge in [0.1, 0.15) is 0 Å². The van der Waals surface area contributed by atoms with E-state index in [1.54, 1.807) is 0 Å². The van der Waals surface area contributed by atoms with Crippen molar-refractivity contribution < 1.29 is 4.79 Å². The molecule has 0 bridgehead atoms. The van der Waals surface area contributed by atoms with Crippen molar-refractivity contribution in [3.63, 3.8) is 0 Å². The molecule has 0 aromatic carbocycles. The number of carbonyl (C=O) groups is 1. The first-order valence-corrected chi connectivity index (χ1v) is 8.61. The van der Waals surface area contributed by atoms with Crippen molar-refractivity contribution >= 4 is 5.91 Å². The number of amides is 1. The fourth-order valence-corrected chi connectivity index (χ4v) is 4.65. The molecule has 2 saturated heterocycles. The third kappa shape index (κ3) is 2.61. The lowest BCUT2D eigenvalue weighted by atomic mass is 9.63. The van der Waals surface area contributed by atoms with Crippen molar-refractivity contribution in [1.82, 2.24) is 10.2 Å². The lowest BCUT2D eigenvalue weighted by Crippen LogP contribution is -2.49. The third-order valence-corrected chi connectivity index (χ3v) is 5.87. The minimum atomic E-state index is 0.0197. The van der Waals surface area contributed by atoms with Gasteiger partial charge in [-0.15, -0.1) is 0 Å². The SMILES string of the molecule is CC(C)CC1(C(=O)N2CC[C@@H]3CNC[C@@H]3CC2)CCC1. The summed E-state index contributed by atoms with van der Waals surface area (Å²) in [5.41, 5.74) is 0.0197. The zero-order valence-electron chi connectivity index (χ0n) is 13.2. The number of hydrogen-bond acceptors (Lipinski definition) is 2. The molecule has 1 amide bonds. The highest BCUT2D eigenvalue weighted by molar-refractivity contribution is 5.83. The second kappa shape index (κ2) is 5.67. The molecule has 1 N–H and O–H groups in total. The molecule has 3 nitrogen and oxygen atoms in total. The molecule has 2 heterocycles. The molecule has 2 aliphatic heterocycles.